The Morgan fingerprint density at radius 1 is 0.981 bits per heavy atom. The fraction of sp³-hybridized carbons (Fsp3) is 0.415. The van der Waals surface area contributed by atoms with E-state index in [4.69, 9.17) is 14.5 Å². The highest BCUT2D eigenvalue weighted by atomic mass is 32.2. The molecule has 284 valence electrons. The zero-order valence-corrected chi connectivity index (χ0v) is 32.8. The topological polar surface area (TPSA) is 129 Å². The third kappa shape index (κ3) is 7.06. The molecule has 1 N–H and O–H groups in total. The molecule has 54 heavy (non-hydrogen) atoms. The molecule has 1 amide bonds. The summed E-state index contributed by atoms with van der Waals surface area (Å²) >= 11 is 0. The minimum atomic E-state index is -4.28. The highest BCUT2D eigenvalue weighted by Crippen LogP contribution is 2.39. The van der Waals surface area contributed by atoms with Gasteiger partial charge in [0.05, 0.1) is 34.9 Å². The first-order chi connectivity index (χ1) is 25.5. The van der Waals surface area contributed by atoms with Crippen LogP contribution in [-0.2, 0) is 27.2 Å². The molecule has 3 atom stereocenters. The number of halogens is 1. The molecule has 0 aliphatic carbocycles. The lowest BCUT2D eigenvalue weighted by atomic mass is 9.92. The number of anilines is 1. The molecular weight excluding hydrogens is 708 g/mol. The molecule has 11 nitrogen and oxygen atoms in total. The van der Waals surface area contributed by atoms with Crippen molar-refractivity contribution >= 4 is 32.9 Å². The van der Waals surface area contributed by atoms with Crippen molar-refractivity contribution in [2.45, 2.75) is 102 Å². The number of nitrogens with zero attached hydrogens (tertiary/aromatic N) is 5. The average Bonchev–Trinajstić information content (AvgIpc) is 3.32. The van der Waals surface area contributed by atoms with E-state index < -0.39 is 39.9 Å². The minimum Gasteiger partial charge on any atom is -0.475 e. The van der Waals surface area contributed by atoms with E-state index in [9.17, 15) is 8.42 Å². The molecule has 5 heterocycles. The standard InChI is InChI=1S/C41H47FN6O5S/c1-23(2)53-33-17-11-16-31(37-29(42)19-27-20-34(41(5,6)7)47(8)38(27)45-37)48-32(33)22-52-35-21-30(36-24(3)12-9-13-25(36)4)43-40(44-35)46-54(50,51)28-15-10-14-26(18-28)39(48)49/h9-10,12-15,18-21,23,31-33H,11,16-17,22H2,1-8H3,(H,43,44,46)/t31-,32-,33+/m0/s1. The summed E-state index contributed by atoms with van der Waals surface area (Å²) in [5, 5.41) is 0.666. The van der Waals surface area contributed by atoms with Crippen molar-refractivity contribution in [1.29, 1.82) is 0 Å². The van der Waals surface area contributed by atoms with E-state index >= 15 is 9.18 Å². The maximum Gasteiger partial charge on any atom is 0.264 e. The van der Waals surface area contributed by atoms with Crippen molar-refractivity contribution in [2.75, 3.05) is 11.3 Å². The van der Waals surface area contributed by atoms with Crippen LogP contribution in [0.25, 0.3) is 22.3 Å². The van der Waals surface area contributed by atoms with E-state index in [0.717, 1.165) is 22.4 Å². The first kappa shape index (κ1) is 37.4. The number of rotatable bonds is 4. The monoisotopic (exact) mass is 754 g/mol. The number of aryl methyl sites for hydroxylation is 3. The van der Waals surface area contributed by atoms with Crippen molar-refractivity contribution in [3.8, 4) is 17.1 Å². The number of aromatic nitrogens is 4. The normalized spacial score (nSPS) is 20.3. The molecule has 0 spiro atoms. The van der Waals surface area contributed by atoms with E-state index in [1.54, 1.807) is 17.0 Å². The lowest BCUT2D eigenvalue weighted by Crippen LogP contribution is -2.52. The van der Waals surface area contributed by atoms with Gasteiger partial charge in [0.15, 0.2) is 0 Å². The second-order valence-corrected chi connectivity index (χ2v) is 17.4. The number of carbonyl (C=O) groups excluding carboxylic acids is 1. The number of benzene rings is 2. The zero-order valence-electron chi connectivity index (χ0n) is 32.0. The van der Waals surface area contributed by atoms with Crippen molar-refractivity contribution < 1.29 is 27.1 Å². The fourth-order valence-corrected chi connectivity index (χ4v) is 8.88. The first-order valence-corrected chi connectivity index (χ1v) is 19.9. The van der Waals surface area contributed by atoms with Crippen molar-refractivity contribution in [3.05, 3.63) is 94.6 Å². The third-order valence-corrected chi connectivity index (χ3v) is 11.6. The Hall–Kier alpha value is -4.88. The summed E-state index contributed by atoms with van der Waals surface area (Å²) in [5.74, 6) is -1.10. The smallest absolute Gasteiger partial charge is 0.264 e. The van der Waals surface area contributed by atoms with E-state index in [0.29, 0.717) is 36.0 Å². The van der Waals surface area contributed by atoms with Crippen LogP contribution in [-0.4, -0.2) is 63.6 Å². The van der Waals surface area contributed by atoms with E-state index in [2.05, 4.69) is 35.5 Å². The molecule has 3 aromatic heterocycles. The van der Waals surface area contributed by atoms with Crippen LogP contribution >= 0.6 is 0 Å². The third-order valence-electron chi connectivity index (χ3n) is 10.3. The Bertz CT molecular complexity index is 2350. The van der Waals surface area contributed by atoms with Crippen molar-refractivity contribution in [3.63, 3.8) is 0 Å². The van der Waals surface area contributed by atoms with Crippen LogP contribution in [0.1, 0.15) is 92.8 Å². The van der Waals surface area contributed by atoms with Gasteiger partial charge in [0.25, 0.3) is 15.9 Å². The van der Waals surface area contributed by atoms with Gasteiger partial charge in [0.1, 0.15) is 23.8 Å². The molecule has 0 unspecified atom stereocenters. The number of carbonyl (C=O) groups is 1. The summed E-state index contributed by atoms with van der Waals surface area (Å²) in [6.07, 6.45) is 0.849. The molecule has 7 rings (SSSR count). The summed E-state index contributed by atoms with van der Waals surface area (Å²) in [6, 6.07) is 15.2. The summed E-state index contributed by atoms with van der Waals surface area (Å²) in [5.41, 5.74) is 4.77. The minimum absolute atomic E-state index is 0.0864. The van der Waals surface area contributed by atoms with Gasteiger partial charge in [-0.25, -0.2) is 27.5 Å². The van der Waals surface area contributed by atoms with E-state index in [-0.39, 0.29) is 46.1 Å². The molecule has 0 radical (unpaired) electrons. The first-order valence-electron chi connectivity index (χ1n) is 18.4. The second kappa shape index (κ2) is 14.1. The highest BCUT2D eigenvalue weighted by molar-refractivity contribution is 7.92. The van der Waals surface area contributed by atoms with Crippen LogP contribution < -0.4 is 9.46 Å². The van der Waals surface area contributed by atoms with Gasteiger partial charge in [-0.2, -0.15) is 4.98 Å². The molecular formula is C41H47FN6O5S. The number of ether oxygens (including phenoxy) is 2. The molecule has 1 saturated heterocycles. The molecule has 2 aliphatic rings. The van der Waals surface area contributed by atoms with Gasteiger partial charge < -0.3 is 18.9 Å². The molecule has 2 aromatic carbocycles. The zero-order chi connectivity index (χ0) is 38.7. The summed E-state index contributed by atoms with van der Waals surface area (Å²) in [7, 11) is -2.36. The summed E-state index contributed by atoms with van der Waals surface area (Å²) < 4.78 is 61.8. The fourth-order valence-electron chi connectivity index (χ4n) is 7.89. The quantitative estimate of drug-likeness (QED) is 0.197. The Kier molecular flexibility index (Phi) is 9.76. The van der Waals surface area contributed by atoms with Gasteiger partial charge in [0, 0.05) is 40.7 Å². The Morgan fingerprint density at radius 3 is 2.41 bits per heavy atom. The van der Waals surface area contributed by atoms with Crippen LogP contribution in [0.3, 0.4) is 0 Å². The molecule has 1 fully saturated rings. The van der Waals surface area contributed by atoms with Gasteiger partial charge in [-0.15, -0.1) is 0 Å². The molecule has 4 bridgehead atoms. The maximum atomic E-state index is 16.5. The number of sulfonamides is 1. The van der Waals surface area contributed by atoms with Crippen LogP contribution in [0.2, 0.25) is 0 Å². The Morgan fingerprint density at radius 2 is 1.70 bits per heavy atom. The summed E-state index contributed by atoms with van der Waals surface area (Å²) in [6.45, 7) is 14.0. The van der Waals surface area contributed by atoms with E-state index in [1.165, 1.54) is 24.3 Å². The number of hydrogen-bond donors (Lipinski definition) is 1. The van der Waals surface area contributed by atoms with Crippen LogP contribution in [0, 0.1) is 19.7 Å². The molecule has 2 aliphatic heterocycles. The Balaban J connectivity index is 1.44. The molecule has 5 aromatic rings. The predicted octanol–water partition coefficient (Wildman–Crippen LogP) is 7.81. The van der Waals surface area contributed by atoms with Gasteiger partial charge in [-0.05, 0) is 88.4 Å². The largest absolute Gasteiger partial charge is 0.475 e. The van der Waals surface area contributed by atoms with Crippen molar-refractivity contribution in [1.82, 2.24) is 24.4 Å². The van der Waals surface area contributed by atoms with Crippen molar-refractivity contribution in [2.24, 2.45) is 7.05 Å². The highest BCUT2D eigenvalue weighted by Gasteiger charge is 2.43. The second-order valence-electron chi connectivity index (χ2n) is 15.7. The lowest BCUT2D eigenvalue weighted by Gasteiger charge is -2.39. The SMILES string of the molecule is Cc1cccc(C)c1-c1cc2nc(n1)NS(=O)(=O)c1cccc(c1)C(=O)N1[C@H](c3nc4c(cc3F)cc(C(C)(C)C)n4C)CCC[C@@H](OC(C)C)[C@@H]1CO2. The number of pyridine rings is 1. The predicted molar refractivity (Wildman–Crippen MR) is 206 cm³/mol. The van der Waals surface area contributed by atoms with Crippen LogP contribution in [0.4, 0.5) is 10.3 Å². The van der Waals surface area contributed by atoms with Crippen LogP contribution in [0.5, 0.6) is 5.88 Å². The van der Waals surface area contributed by atoms with Crippen LogP contribution in [0.15, 0.2) is 65.6 Å². The summed E-state index contributed by atoms with van der Waals surface area (Å²) in [4.78, 5) is 30.5. The van der Waals surface area contributed by atoms with Gasteiger partial charge in [-0.3, -0.25) is 4.79 Å². The van der Waals surface area contributed by atoms with Gasteiger partial charge in [-0.1, -0.05) is 45.0 Å². The Labute approximate surface area is 316 Å². The maximum absolute atomic E-state index is 16.5. The molecule has 0 saturated carbocycles. The average molecular weight is 755 g/mol. The lowest BCUT2D eigenvalue weighted by molar-refractivity contribution is -0.0546. The van der Waals surface area contributed by atoms with E-state index in [1.807, 2.05) is 63.6 Å². The number of hydrogen-bond acceptors (Lipinski definition) is 8. The van der Waals surface area contributed by atoms with Gasteiger partial charge >= 0.3 is 0 Å². The number of nitrogens with one attached hydrogen (secondary N) is 1. The molecule has 13 heteroatoms. The van der Waals surface area contributed by atoms with Gasteiger partial charge in [0.2, 0.25) is 11.8 Å². The number of amides is 1. The number of fused-ring (bicyclic) bond motifs is 6.